The highest BCUT2D eigenvalue weighted by Gasteiger charge is 2.29. The quantitative estimate of drug-likeness (QED) is 0.846. The van der Waals surface area contributed by atoms with Gasteiger partial charge in [0.2, 0.25) is 0 Å². The van der Waals surface area contributed by atoms with E-state index in [9.17, 15) is 0 Å². The van der Waals surface area contributed by atoms with Crippen LogP contribution in [-0.2, 0) is 4.74 Å². The van der Waals surface area contributed by atoms with Crippen molar-refractivity contribution in [2.45, 2.75) is 25.5 Å². The number of hydrogen-bond donors (Lipinski definition) is 1. The molecular weight excluding hydrogens is 246 g/mol. The number of rotatable bonds is 2. The zero-order chi connectivity index (χ0) is 12.7. The van der Waals surface area contributed by atoms with Crippen LogP contribution in [0, 0.1) is 0 Å². The minimum absolute atomic E-state index is 0.270. The number of likely N-dealkylation sites (N-methyl/N-ethyl adjacent to an activating group) is 1. The molecular formula is C13H17N3OS. The average Bonchev–Trinajstić information content (AvgIpc) is 2.93. The predicted octanol–water partition coefficient (Wildman–Crippen LogP) is 2.49. The van der Waals surface area contributed by atoms with E-state index in [-0.39, 0.29) is 6.10 Å². The maximum absolute atomic E-state index is 5.80. The molecule has 1 aromatic heterocycles. The fourth-order valence-corrected chi connectivity index (χ4v) is 3.48. The van der Waals surface area contributed by atoms with Gasteiger partial charge in [0, 0.05) is 19.3 Å². The topological polar surface area (TPSA) is 51.4 Å². The summed E-state index contributed by atoms with van der Waals surface area (Å²) >= 11 is 1.69. The number of anilines is 2. The van der Waals surface area contributed by atoms with Crippen LogP contribution in [0.3, 0.4) is 0 Å². The number of benzene rings is 1. The molecule has 0 amide bonds. The second-order valence-electron chi connectivity index (χ2n) is 4.77. The summed E-state index contributed by atoms with van der Waals surface area (Å²) in [7, 11) is 2.09. The van der Waals surface area contributed by atoms with Crippen molar-refractivity contribution < 1.29 is 4.74 Å². The van der Waals surface area contributed by atoms with Crippen LogP contribution in [0.25, 0.3) is 10.2 Å². The SMILES string of the molecule is CC1OCCC1N(C)c1nc2ccc(N)cc2s1. The molecule has 1 aliphatic rings. The second-order valence-corrected chi connectivity index (χ2v) is 5.78. The van der Waals surface area contributed by atoms with Crippen LogP contribution in [0.1, 0.15) is 13.3 Å². The number of hydrogen-bond acceptors (Lipinski definition) is 5. The maximum Gasteiger partial charge on any atom is 0.186 e. The van der Waals surface area contributed by atoms with E-state index in [1.54, 1.807) is 11.3 Å². The molecule has 96 valence electrons. The van der Waals surface area contributed by atoms with Crippen molar-refractivity contribution in [3.63, 3.8) is 0 Å². The summed E-state index contributed by atoms with van der Waals surface area (Å²) in [6, 6.07) is 6.28. The van der Waals surface area contributed by atoms with Crippen molar-refractivity contribution in [3.05, 3.63) is 18.2 Å². The Morgan fingerprint density at radius 3 is 3.06 bits per heavy atom. The molecule has 18 heavy (non-hydrogen) atoms. The molecule has 5 heteroatoms. The fraction of sp³-hybridized carbons (Fsp3) is 0.462. The maximum atomic E-state index is 5.80. The van der Waals surface area contributed by atoms with Crippen LogP contribution in [0.4, 0.5) is 10.8 Å². The first-order valence-corrected chi connectivity index (χ1v) is 6.97. The first-order valence-electron chi connectivity index (χ1n) is 6.15. The highest BCUT2D eigenvalue weighted by Crippen LogP contribution is 2.32. The van der Waals surface area contributed by atoms with Gasteiger partial charge in [0.1, 0.15) is 0 Å². The Morgan fingerprint density at radius 1 is 1.50 bits per heavy atom. The molecule has 1 saturated heterocycles. The number of nitrogens with two attached hydrogens (primary N) is 1. The molecule has 2 aromatic rings. The highest BCUT2D eigenvalue weighted by atomic mass is 32.1. The van der Waals surface area contributed by atoms with Gasteiger partial charge < -0.3 is 15.4 Å². The third-order valence-electron chi connectivity index (χ3n) is 3.54. The van der Waals surface area contributed by atoms with Gasteiger partial charge >= 0.3 is 0 Å². The first-order chi connectivity index (χ1) is 8.65. The molecule has 0 aliphatic carbocycles. The minimum Gasteiger partial charge on any atom is -0.399 e. The third kappa shape index (κ3) is 1.93. The van der Waals surface area contributed by atoms with Crippen molar-refractivity contribution >= 4 is 32.4 Å². The molecule has 3 rings (SSSR count). The van der Waals surface area contributed by atoms with Crippen molar-refractivity contribution in [3.8, 4) is 0 Å². The van der Waals surface area contributed by atoms with Gasteiger partial charge in [-0.3, -0.25) is 0 Å². The number of fused-ring (bicyclic) bond motifs is 1. The van der Waals surface area contributed by atoms with Gasteiger partial charge in [0.25, 0.3) is 0 Å². The van der Waals surface area contributed by atoms with Gasteiger partial charge in [-0.25, -0.2) is 4.98 Å². The van der Waals surface area contributed by atoms with Crippen LogP contribution < -0.4 is 10.6 Å². The Balaban J connectivity index is 1.93. The molecule has 1 aromatic carbocycles. The fourth-order valence-electron chi connectivity index (χ4n) is 2.45. The van der Waals surface area contributed by atoms with E-state index in [0.29, 0.717) is 6.04 Å². The molecule has 0 saturated carbocycles. The van der Waals surface area contributed by atoms with E-state index in [2.05, 4.69) is 23.9 Å². The van der Waals surface area contributed by atoms with Crippen molar-refractivity contribution in [2.24, 2.45) is 0 Å². The molecule has 0 bridgehead atoms. The lowest BCUT2D eigenvalue weighted by molar-refractivity contribution is 0.118. The van der Waals surface area contributed by atoms with Crippen LogP contribution in [0.2, 0.25) is 0 Å². The number of nitrogen functional groups attached to an aromatic ring is 1. The number of nitrogens with zero attached hydrogens (tertiary/aromatic N) is 2. The Hall–Kier alpha value is -1.33. The Kier molecular flexibility index (Phi) is 2.87. The summed E-state index contributed by atoms with van der Waals surface area (Å²) in [6.45, 7) is 2.97. The predicted molar refractivity (Wildman–Crippen MR) is 76.3 cm³/mol. The minimum atomic E-state index is 0.270. The number of ether oxygens (including phenoxy) is 1. The smallest absolute Gasteiger partial charge is 0.186 e. The number of aromatic nitrogens is 1. The van der Waals surface area contributed by atoms with Crippen LogP contribution >= 0.6 is 11.3 Å². The molecule has 2 N–H and O–H groups in total. The molecule has 1 aliphatic heterocycles. The lowest BCUT2D eigenvalue weighted by Crippen LogP contribution is -2.36. The Labute approximate surface area is 110 Å². The van der Waals surface area contributed by atoms with Gasteiger partial charge in [0.15, 0.2) is 5.13 Å². The highest BCUT2D eigenvalue weighted by molar-refractivity contribution is 7.22. The molecule has 2 unspecified atom stereocenters. The standard InChI is InChI=1S/C13H17N3OS/c1-8-11(5-6-17-8)16(2)13-15-10-4-3-9(14)7-12(10)18-13/h3-4,7-8,11H,5-6,14H2,1-2H3. The molecule has 0 radical (unpaired) electrons. The van der Waals surface area contributed by atoms with Gasteiger partial charge in [0.05, 0.1) is 22.4 Å². The summed E-state index contributed by atoms with van der Waals surface area (Å²) in [5, 5.41) is 1.04. The summed E-state index contributed by atoms with van der Waals surface area (Å²) < 4.78 is 6.76. The van der Waals surface area contributed by atoms with Gasteiger partial charge in [-0.1, -0.05) is 11.3 Å². The third-order valence-corrected chi connectivity index (χ3v) is 4.65. The molecule has 4 nitrogen and oxygen atoms in total. The lowest BCUT2D eigenvalue weighted by Gasteiger charge is -2.25. The van der Waals surface area contributed by atoms with Crippen molar-refractivity contribution in [2.75, 3.05) is 24.3 Å². The number of thiazole rings is 1. The zero-order valence-corrected chi connectivity index (χ0v) is 11.4. The van der Waals surface area contributed by atoms with Gasteiger partial charge in [-0.2, -0.15) is 0 Å². The summed E-state index contributed by atoms with van der Waals surface area (Å²) in [4.78, 5) is 6.90. The van der Waals surface area contributed by atoms with E-state index >= 15 is 0 Å². The lowest BCUT2D eigenvalue weighted by atomic mass is 10.1. The van der Waals surface area contributed by atoms with Crippen LogP contribution in [-0.4, -0.2) is 30.8 Å². The monoisotopic (exact) mass is 263 g/mol. The molecule has 0 spiro atoms. The van der Waals surface area contributed by atoms with Gasteiger partial charge in [-0.05, 0) is 31.5 Å². The van der Waals surface area contributed by atoms with Crippen molar-refractivity contribution in [1.29, 1.82) is 0 Å². The van der Waals surface area contributed by atoms with E-state index in [0.717, 1.165) is 34.1 Å². The summed E-state index contributed by atoms with van der Waals surface area (Å²) in [5.74, 6) is 0. The zero-order valence-electron chi connectivity index (χ0n) is 10.6. The Morgan fingerprint density at radius 2 is 2.33 bits per heavy atom. The molecule has 1 fully saturated rings. The van der Waals surface area contributed by atoms with Crippen LogP contribution in [0.15, 0.2) is 18.2 Å². The van der Waals surface area contributed by atoms with Crippen molar-refractivity contribution in [1.82, 2.24) is 4.98 Å². The molecule has 2 heterocycles. The second kappa shape index (κ2) is 4.40. The Bertz CT molecular complexity index is 568. The summed E-state index contributed by atoms with van der Waals surface area (Å²) in [6.07, 6.45) is 1.34. The van der Waals surface area contributed by atoms with Crippen LogP contribution in [0.5, 0.6) is 0 Å². The van der Waals surface area contributed by atoms with E-state index < -0.39 is 0 Å². The first kappa shape index (κ1) is 11.7. The normalized spacial score (nSPS) is 23.7. The summed E-state index contributed by atoms with van der Waals surface area (Å²) in [5.41, 5.74) is 7.60. The molecule has 2 atom stereocenters. The average molecular weight is 263 g/mol. The van der Waals surface area contributed by atoms with E-state index in [1.807, 2.05) is 18.2 Å². The van der Waals surface area contributed by atoms with E-state index in [4.69, 9.17) is 10.5 Å². The van der Waals surface area contributed by atoms with Gasteiger partial charge in [-0.15, -0.1) is 0 Å². The van der Waals surface area contributed by atoms with E-state index in [1.165, 1.54) is 0 Å². The largest absolute Gasteiger partial charge is 0.399 e.